The predicted molar refractivity (Wildman–Crippen MR) is 128 cm³/mol. The Bertz CT molecular complexity index is 1090. The van der Waals surface area contributed by atoms with Crippen LogP contribution in [-0.4, -0.2) is 42.9 Å². The highest BCUT2D eigenvalue weighted by atomic mass is 35.5. The number of hydrogen-bond acceptors (Lipinski definition) is 6. The normalized spacial score (nSPS) is 15.1. The number of fused-ring (bicyclic) bond motifs is 1. The molecule has 0 radical (unpaired) electrons. The second-order valence-corrected chi connectivity index (χ2v) is 8.57. The van der Waals surface area contributed by atoms with Crippen molar-refractivity contribution in [2.24, 2.45) is 0 Å². The molecule has 4 rings (SSSR count). The lowest BCUT2D eigenvalue weighted by atomic mass is 9.89. The first kappa shape index (κ1) is 22.4. The minimum absolute atomic E-state index is 0.0517. The third-order valence-electron chi connectivity index (χ3n) is 5.81. The summed E-state index contributed by atoms with van der Waals surface area (Å²) in [7, 11) is 0. The molecule has 7 heteroatoms. The van der Waals surface area contributed by atoms with Gasteiger partial charge in [0, 0.05) is 24.6 Å². The number of nitrogens with one attached hydrogen (secondary N) is 2. The smallest absolute Gasteiger partial charge is 0.256 e. The van der Waals surface area contributed by atoms with Gasteiger partial charge in [-0.15, -0.1) is 0 Å². The molecule has 0 bridgehead atoms. The van der Waals surface area contributed by atoms with Gasteiger partial charge in [0.15, 0.2) is 11.7 Å². The number of hydrogen-bond donors (Lipinski definition) is 2. The molecule has 0 amide bonds. The van der Waals surface area contributed by atoms with Crippen molar-refractivity contribution in [3.63, 3.8) is 0 Å². The Morgan fingerprint density at radius 1 is 1.12 bits per heavy atom. The molecule has 1 saturated heterocycles. The number of piperidine rings is 1. The Balaban J connectivity index is 1.25. The van der Waals surface area contributed by atoms with Crippen molar-refractivity contribution in [3.05, 3.63) is 64.9 Å². The van der Waals surface area contributed by atoms with Gasteiger partial charge < -0.3 is 18.8 Å². The molecule has 32 heavy (non-hydrogen) atoms. The van der Waals surface area contributed by atoms with Gasteiger partial charge in [-0.3, -0.25) is 10.8 Å². The van der Waals surface area contributed by atoms with Gasteiger partial charge >= 0.3 is 0 Å². The van der Waals surface area contributed by atoms with Crippen molar-refractivity contribution in [1.82, 2.24) is 4.90 Å². The third-order valence-corrected chi connectivity index (χ3v) is 6.06. The van der Waals surface area contributed by atoms with E-state index in [4.69, 9.17) is 36.3 Å². The molecule has 1 fully saturated rings. The molecule has 2 heterocycles. The average Bonchev–Trinajstić information content (AvgIpc) is 3.23. The maximum atomic E-state index is 7.91. The van der Waals surface area contributed by atoms with Crippen LogP contribution < -0.4 is 4.74 Å². The summed E-state index contributed by atoms with van der Waals surface area (Å²) in [6.07, 6.45) is 3.28. The van der Waals surface area contributed by atoms with Gasteiger partial charge in [-0.2, -0.15) is 0 Å². The van der Waals surface area contributed by atoms with E-state index >= 15 is 0 Å². The zero-order chi connectivity index (χ0) is 22.5. The second kappa shape index (κ2) is 10.2. The first-order valence-corrected chi connectivity index (χ1v) is 11.3. The number of ether oxygens (including phenoxy) is 2. The van der Waals surface area contributed by atoms with Gasteiger partial charge in [-0.1, -0.05) is 29.8 Å². The van der Waals surface area contributed by atoms with Gasteiger partial charge in [0.25, 0.3) is 5.90 Å². The Kier molecular flexibility index (Phi) is 7.12. The third kappa shape index (κ3) is 5.50. The summed E-state index contributed by atoms with van der Waals surface area (Å²) in [6.45, 7) is 5.30. The van der Waals surface area contributed by atoms with Crippen LogP contribution in [0.5, 0.6) is 5.75 Å². The zero-order valence-electron chi connectivity index (χ0n) is 18.2. The average molecular weight is 454 g/mol. The molecule has 0 atom stereocenters. The van der Waals surface area contributed by atoms with Crippen LogP contribution in [-0.2, 0) is 4.74 Å². The lowest BCUT2D eigenvalue weighted by molar-refractivity contribution is 0.193. The summed E-state index contributed by atoms with van der Waals surface area (Å²) in [5, 5.41) is 16.9. The van der Waals surface area contributed by atoms with E-state index in [2.05, 4.69) is 17.0 Å². The Hall–Kier alpha value is -2.83. The summed E-state index contributed by atoms with van der Waals surface area (Å²) in [4.78, 5) is 2.50. The summed E-state index contributed by atoms with van der Waals surface area (Å²) < 4.78 is 16.8. The minimum Gasteiger partial charge on any atom is -0.493 e. The number of likely N-dealkylation sites (tertiary alicyclic amines) is 1. The first-order valence-electron chi connectivity index (χ1n) is 10.9. The quantitative estimate of drug-likeness (QED) is 0.258. The molecule has 0 spiro atoms. The van der Waals surface area contributed by atoms with E-state index in [1.807, 2.05) is 30.3 Å². The SMILES string of the molecule is CC(=N)OC(=N)c1cc2c(OCCCN3CCC(c4ccc(Cl)cc4)CC3)cccc2o1. The molecule has 168 valence electrons. The highest BCUT2D eigenvalue weighted by molar-refractivity contribution is 6.30. The molecular formula is C25H28ClN3O3. The van der Waals surface area contributed by atoms with Crippen molar-refractivity contribution in [1.29, 1.82) is 10.8 Å². The monoisotopic (exact) mass is 453 g/mol. The van der Waals surface area contributed by atoms with Crippen LogP contribution in [0, 0.1) is 10.8 Å². The van der Waals surface area contributed by atoms with Gasteiger partial charge in [-0.05, 0) is 68.1 Å². The Morgan fingerprint density at radius 3 is 2.59 bits per heavy atom. The molecule has 0 saturated carbocycles. The van der Waals surface area contributed by atoms with Crippen LogP contribution in [0.15, 0.2) is 52.9 Å². The van der Waals surface area contributed by atoms with Gasteiger partial charge in [0.05, 0.1) is 12.0 Å². The molecule has 2 aromatic carbocycles. The van der Waals surface area contributed by atoms with Gasteiger partial charge in [-0.25, -0.2) is 0 Å². The van der Waals surface area contributed by atoms with Gasteiger partial charge in [0.1, 0.15) is 11.3 Å². The topological polar surface area (TPSA) is 82.5 Å². The van der Waals surface area contributed by atoms with E-state index in [0.29, 0.717) is 18.1 Å². The summed E-state index contributed by atoms with van der Waals surface area (Å²) in [6, 6.07) is 15.6. The first-order chi connectivity index (χ1) is 15.5. The molecule has 1 aromatic heterocycles. The lowest BCUT2D eigenvalue weighted by Crippen LogP contribution is -2.34. The van der Waals surface area contributed by atoms with E-state index in [-0.39, 0.29) is 17.6 Å². The van der Waals surface area contributed by atoms with E-state index < -0.39 is 0 Å². The second-order valence-electron chi connectivity index (χ2n) is 8.14. The molecule has 6 nitrogen and oxygen atoms in total. The van der Waals surface area contributed by atoms with E-state index in [1.165, 1.54) is 25.3 Å². The fraction of sp³-hybridized carbons (Fsp3) is 0.360. The Morgan fingerprint density at radius 2 is 1.88 bits per heavy atom. The summed E-state index contributed by atoms with van der Waals surface area (Å²) in [5.74, 6) is 1.40. The van der Waals surface area contributed by atoms with Crippen LogP contribution in [0.4, 0.5) is 0 Å². The van der Waals surface area contributed by atoms with Crippen molar-refractivity contribution in [3.8, 4) is 5.75 Å². The maximum absolute atomic E-state index is 7.91. The van der Waals surface area contributed by atoms with Gasteiger partial charge in [0.2, 0.25) is 0 Å². The zero-order valence-corrected chi connectivity index (χ0v) is 19.0. The fourth-order valence-electron chi connectivity index (χ4n) is 4.17. The summed E-state index contributed by atoms with van der Waals surface area (Å²) in [5.41, 5.74) is 2.02. The van der Waals surface area contributed by atoms with Crippen LogP contribution in [0.25, 0.3) is 11.0 Å². The number of halogens is 1. The fourth-order valence-corrected chi connectivity index (χ4v) is 4.30. The molecule has 2 N–H and O–H groups in total. The van der Waals surface area contributed by atoms with Crippen molar-refractivity contribution in [2.75, 3.05) is 26.2 Å². The summed E-state index contributed by atoms with van der Waals surface area (Å²) >= 11 is 6.01. The van der Waals surface area contributed by atoms with Crippen LogP contribution in [0.2, 0.25) is 5.02 Å². The molecule has 1 aliphatic rings. The number of nitrogens with zero attached hydrogens (tertiary/aromatic N) is 1. The number of furan rings is 1. The van der Waals surface area contributed by atoms with E-state index in [9.17, 15) is 0 Å². The van der Waals surface area contributed by atoms with Crippen LogP contribution >= 0.6 is 11.6 Å². The Labute approximate surface area is 193 Å². The largest absolute Gasteiger partial charge is 0.493 e. The minimum atomic E-state index is -0.179. The maximum Gasteiger partial charge on any atom is 0.256 e. The van der Waals surface area contributed by atoms with E-state index in [1.54, 1.807) is 6.07 Å². The highest BCUT2D eigenvalue weighted by Gasteiger charge is 2.20. The lowest BCUT2D eigenvalue weighted by Gasteiger charge is -2.32. The van der Waals surface area contributed by atoms with Crippen LogP contribution in [0.1, 0.15) is 43.4 Å². The van der Waals surface area contributed by atoms with Crippen LogP contribution in [0.3, 0.4) is 0 Å². The number of benzene rings is 2. The molecule has 0 unspecified atom stereocenters. The highest BCUT2D eigenvalue weighted by Crippen LogP contribution is 2.30. The number of rotatable bonds is 7. The standard InChI is InChI=1S/C25H28ClN3O3/c1-17(27)31-25(28)24-16-21-22(4-2-5-23(21)32-24)30-15-3-12-29-13-10-19(11-14-29)18-6-8-20(26)9-7-18/h2,4-9,16,19,27-28H,3,10-15H2,1H3. The molecule has 0 aliphatic carbocycles. The van der Waals surface area contributed by atoms with Crippen molar-refractivity contribution < 1.29 is 13.9 Å². The molecular weight excluding hydrogens is 426 g/mol. The van der Waals surface area contributed by atoms with E-state index in [0.717, 1.165) is 42.2 Å². The molecule has 3 aromatic rings. The molecule has 1 aliphatic heterocycles. The van der Waals surface area contributed by atoms with Crippen molar-refractivity contribution in [2.45, 2.75) is 32.1 Å². The van der Waals surface area contributed by atoms with Crippen molar-refractivity contribution >= 4 is 34.4 Å². The predicted octanol–water partition coefficient (Wildman–Crippen LogP) is 6.07.